The molecule has 0 fully saturated rings. The number of amides is 1. The Bertz CT molecular complexity index is 769. The van der Waals surface area contributed by atoms with Gasteiger partial charge in [0.05, 0.1) is 17.8 Å². The van der Waals surface area contributed by atoms with Crippen molar-refractivity contribution >= 4 is 11.9 Å². The van der Waals surface area contributed by atoms with Crippen molar-refractivity contribution < 1.29 is 19.1 Å². The predicted octanol–water partition coefficient (Wildman–Crippen LogP) is 1.46. The summed E-state index contributed by atoms with van der Waals surface area (Å²) in [6.07, 6.45) is 0.455. The SMILES string of the molecule is Cn1nc2c(c1C(=O)O)CN(C(=O)c1ccccc1F)CC2. The third-order valence-electron chi connectivity index (χ3n) is 3.79. The van der Waals surface area contributed by atoms with Crippen LogP contribution in [0.5, 0.6) is 0 Å². The van der Waals surface area contributed by atoms with Crippen LogP contribution in [0.4, 0.5) is 4.39 Å². The third kappa shape index (κ3) is 2.24. The quantitative estimate of drug-likeness (QED) is 0.911. The number of carboxylic acids is 1. The molecule has 2 aromatic rings. The second-order valence-corrected chi connectivity index (χ2v) is 5.16. The van der Waals surface area contributed by atoms with Gasteiger partial charge in [0, 0.05) is 25.6 Å². The molecular formula is C15H14FN3O3. The third-order valence-corrected chi connectivity index (χ3v) is 3.79. The molecule has 0 saturated heterocycles. The van der Waals surface area contributed by atoms with E-state index in [1.165, 1.54) is 27.8 Å². The first-order chi connectivity index (χ1) is 10.5. The molecule has 6 nitrogen and oxygen atoms in total. The second-order valence-electron chi connectivity index (χ2n) is 5.16. The Labute approximate surface area is 125 Å². The van der Waals surface area contributed by atoms with E-state index in [-0.39, 0.29) is 17.8 Å². The number of halogens is 1. The zero-order valence-electron chi connectivity index (χ0n) is 11.9. The number of carbonyl (C=O) groups is 2. The number of carbonyl (C=O) groups excluding carboxylic acids is 1. The molecule has 114 valence electrons. The van der Waals surface area contributed by atoms with Gasteiger partial charge in [0.1, 0.15) is 5.82 Å². The zero-order chi connectivity index (χ0) is 15.9. The number of aromatic carboxylic acids is 1. The lowest BCUT2D eigenvalue weighted by Crippen LogP contribution is -2.36. The van der Waals surface area contributed by atoms with Crippen molar-refractivity contribution in [2.45, 2.75) is 13.0 Å². The van der Waals surface area contributed by atoms with Crippen molar-refractivity contribution in [2.24, 2.45) is 7.05 Å². The fraction of sp³-hybridized carbons (Fsp3) is 0.267. The number of benzene rings is 1. The topological polar surface area (TPSA) is 75.4 Å². The van der Waals surface area contributed by atoms with Gasteiger partial charge >= 0.3 is 5.97 Å². The minimum atomic E-state index is -1.09. The maximum Gasteiger partial charge on any atom is 0.354 e. The first-order valence-corrected chi connectivity index (χ1v) is 6.81. The van der Waals surface area contributed by atoms with Gasteiger partial charge in [0.15, 0.2) is 5.69 Å². The molecule has 0 aliphatic carbocycles. The molecule has 1 aliphatic rings. The summed E-state index contributed by atoms with van der Waals surface area (Å²) >= 11 is 0. The lowest BCUT2D eigenvalue weighted by atomic mass is 10.0. The Hall–Kier alpha value is -2.70. The Kier molecular flexibility index (Phi) is 3.40. The highest BCUT2D eigenvalue weighted by Gasteiger charge is 2.30. The first-order valence-electron chi connectivity index (χ1n) is 6.81. The number of nitrogens with zero attached hydrogens (tertiary/aromatic N) is 3. The number of hydrogen-bond donors (Lipinski definition) is 1. The molecule has 1 aromatic heterocycles. The van der Waals surface area contributed by atoms with Crippen LogP contribution < -0.4 is 0 Å². The molecule has 1 aliphatic heterocycles. The van der Waals surface area contributed by atoms with Crippen molar-refractivity contribution in [3.8, 4) is 0 Å². The van der Waals surface area contributed by atoms with Gasteiger partial charge in [-0.15, -0.1) is 0 Å². The smallest absolute Gasteiger partial charge is 0.354 e. The number of aryl methyl sites for hydroxylation is 1. The fourth-order valence-corrected chi connectivity index (χ4v) is 2.75. The van der Waals surface area contributed by atoms with Crippen molar-refractivity contribution in [3.63, 3.8) is 0 Å². The van der Waals surface area contributed by atoms with Crippen molar-refractivity contribution in [1.29, 1.82) is 0 Å². The van der Waals surface area contributed by atoms with E-state index in [1.54, 1.807) is 13.1 Å². The van der Waals surface area contributed by atoms with Gasteiger partial charge in [-0.25, -0.2) is 9.18 Å². The van der Waals surface area contributed by atoms with E-state index in [9.17, 15) is 19.1 Å². The standard InChI is InChI=1S/C15H14FN3O3/c1-18-13(15(21)22)10-8-19(7-6-12(10)17-18)14(20)9-4-2-3-5-11(9)16/h2-5H,6-8H2,1H3,(H,21,22). The highest BCUT2D eigenvalue weighted by atomic mass is 19.1. The molecule has 1 N–H and O–H groups in total. The van der Waals surface area contributed by atoms with Crippen LogP contribution in [0.15, 0.2) is 24.3 Å². The number of hydrogen-bond acceptors (Lipinski definition) is 3. The van der Waals surface area contributed by atoms with E-state index in [4.69, 9.17) is 0 Å². The Morgan fingerprint density at radius 2 is 2.05 bits per heavy atom. The summed E-state index contributed by atoms with van der Waals surface area (Å²) in [5.74, 6) is -2.11. The van der Waals surface area contributed by atoms with Gasteiger partial charge in [0.25, 0.3) is 5.91 Å². The summed E-state index contributed by atoms with van der Waals surface area (Å²) in [4.78, 5) is 25.2. The molecule has 7 heteroatoms. The van der Waals surface area contributed by atoms with Crippen LogP contribution >= 0.6 is 0 Å². The van der Waals surface area contributed by atoms with Crippen LogP contribution in [0.1, 0.15) is 32.1 Å². The lowest BCUT2D eigenvalue weighted by Gasteiger charge is -2.26. The molecule has 0 bridgehead atoms. The first kappa shape index (κ1) is 14.2. The van der Waals surface area contributed by atoms with E-state index >= 15 is 0 Å². The summed E-state index contributed by atoms with van der Waals surface area (Å²) in [6, 6.07) is 5.77. The Balaban J connectivity index is 1.93. The Morgan fingerprint density at radius 1 is 1.32 bits per heavy atom. The maximum absolute atomic E-state index is 13.7. The number of carboxylic acid groups (broad SMARTS) is 1. The van der Waals surface area contributed by atoms with E-state index < -0.39 is 17.7 Å². The molecule has 0 atom stereocenters. The largest absolute Gasteiger partial charge is 0.477 e. The average Bonchev–Trinajstić information content (AvgIpc) is 2.82. The number of aromatic nitrogens is 2. The fourth-order valence-electron chi connectivity index (χ4n) is 2.75. The molecule has 3 rings (SSSR count). The molecule has 22 heavy (non-hydrogen) atoms. The summed E-state index contributed by atoms with van der Waals surface area (Å²) in [5, 5.41) is 13.5. The van der Waals surface area contributed by atoms with E-state index in [2.05, 4.69) is 5.10 Å². The molecule has 0 saturated carbocycles. The van der Waals surface area contributed by atoms with Gasteiger partial charge in [-0.05, 0) is 12.1 Å². The van der Waals surface area contributed by atoms with Gasteiger partial charge in [-0.1, -0.05) is 12.1 Å². The van der Waals surface area contributed by atoms with Crippen molar-refractivity contribution in [1.82, 2.24) is 14.7 Å². The molecule has 0 spiro atoms. The summed E-state index contributed by atoms with van der Waals surface area (Å²) in [5.41, 5.74) is 1.26. The average molecular weight is 303 g/mol. The molecule has 0 unspecified atom stereocenters. The van der Waals surface area contributed by atoms with Crippen LogP contribution in [0.25, 0.3) is 0 Å². The van der Waals surface area contributed by atoms with Crippen LogP contribution in [0.2, 0.25) is 0 Å². The van der Waals surface area contributed by atoms with Gasteiger partial charge < -0.3 is 10.0 Å². The zero-order valence-corrected chi connectivity index (χ0v) is 11.9. The van der Waals surface area contributed by atoms with E-state index in [1.807, 2.05) is 0 Å². The van der Waals surface area contributed by atoms with Crippen LogP contribution in [-0.2, 0) is 20.0 Å². The molecule has 1 amide bonds. The van der Waals surface area contributed by atoms with Gasteiger partial charge in [-0.3, -0.25) is 9.48 Å². The van der Waals surface area contributed by atoms with Crippen molar-refractivity contribution in [2.75, 3.05) is 6.54 Å². The number of rotatable bonds is 2. The molecule has 0 radical (unpaired) electrons. The maximum atomic E-state index is 13.7. The van der Waals surface area contributed by atoms with Crippen LogP contribution in [-0.4, -0.2) is 38.2 Å². The van der Waals surface area contributed by atoms with E-state index in [0.717, 1.165) is 0 Å². The number of fused-ring (bicyclic) bond motifs is 1. The van der Waals surface area contributed by atoms with Crippen LogP contribution in [0, 0.1) is 5.82 Å². The summed E-state index contributed by atoms with van der Waals surface area (Å²) < 4.78 is 15.1. The minimum absolute atomic E-state index is 0.00767. The summed E-state index contributed by atoms with van der Waals surface area (Å²) in [7, 11) is 1.56. The monoisotopic (exact) mass is 303 g/mol. The minimum Gasteiger partial charge on any atom is -0.477 e. The lowest BCUT2D eigenvalue weighted by molar-refractivity contribution is 0.0668. The van der Waals surface area contributed by atoms with Crippen molar-refractivity contribution in [3.05, 3.63) is 52.6 Å². The second kappa shape index (κ2) is 5.25. The van der Waals surface area contributed by atoms with Gasteiger partial charge in [0.2, 0.25) is 0 Å². The predicted molar refractivity (Wildman–Crippen MR) is 75.0 cm³/mol. The van der Waals surface area contributed by atoms with Gasteiger partial charge in [-0.2, -0.15) is 5.10 Å². The Morgan fingerprint density at radius 3 is 2.73 bits per heavy atom. The normalized spacial score (nSPS) is 13.8. The van der Waals surface area contributed by atoms with E-state index in [0.29, 0.717) is 24.2 Å². The molecule has 2 heterocycles. The molecular weight excluding hydrogens is 289 g/mol. The summed E-state index contributed by atoms with van der Waals surface area (Å²) in [6.45, 7) is 0.508. The van der Waals surface area contributed by atoms with Crippen LogP contribution in [0.3, 0.4) is 0 Å². The highest BCUT2D eigenvalue weighted by Crippen LogP contribution is 2.23. The highest BCUT2D eigenvalue weighted by molar-refractivity contribution is 5.95. The molecule has 1 aromatic carbocycles.